The quantitative estimate of drug-likeness (QED) is 0.380. The van der Waals surface area contributed by atoms with Crippen LogP contribution in [0.4, 0.5) is 0 Å². The molecule has 0 saturated carbocycles. The molecule has 23 heavy (non-hydrogen) atoms. The van der Waals surface area contributed by atoms with Crippen LogP contribution in [0.15, 0.2) is 91.5 Å². The smallest absolute Gasteiger partial charge is 0.335 e. The van der Waals surface area contributed by atoms with E-state index in [1.807, 2.05) is 42.5 Å². The molecule has 0 unspecified atom stereocenters. The van der Waals surface area contributed by atoms with Crippen LogP contribution >= 0.6 is 0 Å². The van der Waals surface area contributed by atoms with Gasteiger partial charge in [0.2, 0.25) is 0 Å². The van der Waals surface area contributed by atoms with Gasteiger partial charge in [-0.05, 0) is 34.4 Å². The van der Waals surface area contributed by atoms with Crippen LogP contribution in [0.3, 0.4) is 0 Å². The highest BCUT2D eigenvalue weighted by Crippen LogP contribution is 2.32. The Morgan fingerprint density at radius 1 is 0.739 bits per heavy atom. The van der Waals surface area contributed by atoms with Crippen LogP contribution in [0, 0.1) is 0 Å². The molecule has 0 aliphatic heterocycles. The van der Waals surface area contributed by atoms with Crippen molar-refractivity contribution in [3.63, 3.8) is 0 Å². The van der Waals surface area contributed by atoms with Crippen LogP contribution in [0.25, 0.3) is 22.3 Å². The van der Waals surface area contributed by atoms with Gasteiger partial charge in [0.15, 0.2) is 0 Å². The molecule has 0 heterocycles. The van der Waals surface area contributed by atoms with E-state index in [9.17, 15) is 4.79 Å². The van der Waals surface area contributed by atoms with Gasteiger partial charge in [0.25, 0.3) is 0 Å². The van der Waals surface area contributed by atoms with Crippen molar-refractivity contribution in [2.75, 3.05) is 0 Å². The third-order valence-electron chi connectivity index (χ3n) is 3.56. The Bertz CT molecular complexity index is 818. The summed E-state index contributed by atoms with van der Waals surface area (Å²) in [4.78, 5) is 11.2. The van der Waals surface area contributed by atoms with E-state index in [0.717, 1.165) is 17.2 Å². The summed E-state index contributed by atoms with van der Waals surface area (Å²) < 4.78 is 5.11. The van der Waals surface area contributed by atoms with Gasteiger partial charge in [-0.2, -0.15) is 0 Å². The molecule has 3 aromatic carbocycles. The molecule has 0 aromatic heterocycles. The zero-order chi connectivity index (χ0) is 16.1. The molecular weight excluding hydrogens is 284 g/mol. The minimum absolute atomic E-state index is 0.456. The molecule has 0 N–H and O–H groups in total. The van der Waals surface area contributed by atoms with Crippen LogP contribution < -0.4 is 4.74 Å². The van der Waals surface area contributed by atoms with Crippen LogP contribution in [0.5, 0.6) is 5.75 Å². The maximum Gasteiger partial charge on any atom is 0.335 e. The SMILES string of the molecule is C=CC(=O)Oc1ccc(-c2ccccc2-c2ccccc2)cc1. The standard InChI is InChI=1S/C21H16O2/c1-2-21(22)23-18-14-12-17(13-15-18)20-11-7-6-10-19(20)16-8-4-3-5-9-16/h2-15H,1H2. The van der Waals surface area contributed by atoms with Crippen molar-refractivity contribution >= 4 is 5.97 Å². The summed E-state index contributed by atoms with van der Waals surface area (Å²) in [5.74, 6) is 0.0540. The van der Waals surface area contributed by atoms with Crippen molar-refractivity contribution in [3.05, 3.63) is 91.5 Å². The third-order valence-corrected chi connectivity index (χ3v) is 3.56. The molecule has 0 spiro atoms. The third kappa shape index (κ3) is 3.38. The number of esters is 1. The maximum absolute atomic E-state index is 11.2. The van der Waals surface area contributed by atoms with Gasteiger partial charge in [0.1, 0.15) is 5.75 Å². The minimum Gasteiger partial charge on any atom is -0.423 e. The Labute approximate surface area is 135 Å². The van der Waals surface area contributed by atoms with Crippen molar-refractivity contribution in [2.45, 2.75) is 0 Å². The lowest BCUT2D eigenvalue weighted by atomic mass is 9.95. The molecule has 0 amide bonds. The lowest BCUT2D eigenvalue weighted by Gasteiger charge is -2.10. The summed E-state index contributed by atoms with van der Waals surface area (Å²) in [5, 5.41) is 0. The molecule has 112 valence electrons. The van der Waals surface area contributed by atoms with Crippen molar-refractivity contribution in [2.24, 2.45) is 0 Å². The van der Waals surface area contributed by atoms with E-state index < -0.39 is 5.97 Å². The predicted octanol–water partition coefficient (Wildman–Crippen LogP) is 5.11. The van der Waals surface area contributed by atoms with Gasteiger partial charge in [-0.1, -0.05) is 73.3 Å². The average Bonchev–Trinajstić information content (AvgIpc) is 2.63. The van der Waals surface area contributed by atoms with E-state index in [0.29, 0.717) is 5.75 Å². The van der Waals surface area contributed by atoms with Crippen molar-refractivity contribution in [1.29, 1.82) is 0 Å². The molecule has 2 heteroatoms. The Hall–Kier alpha value is -3.13. The molecule has 0 fully saturated rings. The van der Waals surface area contributed by atoms with E-state index in [-0.39, 0.29) is 0 Å². The molecule has 0 saturated heterocycles. The normalized spacial score (nSPS) is 10.1. The lowest BCUT2D eigenvalue weighted by molar-refractivity contribution is -0.128. The zero-order valence-corrected chi connectivity index (χ0v) is 12.6. The number of carbonyl (C=O) groups is 1. The Morgan fingerprint density at radius 3 is 1.83 bits per heavy atom. The Kier molecular flexibility index (Phi) is 4.34. The summed E-state index contributed by atoms with van der Waals surface area (Å²) in [5.41, 5.74) is 4.55. The summed E-state index contributed by atoms with van der Waals surface area (Å²) in [7, 11) is 0. The van der Waals surface area contributed by atoms with E-state index >= 15 is 0 Å². The molecule has 0 aliphatic rings. The first-order chi connectivity index (χ1) is 11.3. The second kappa shape index (κ2) is 6.75. The van der Waals surface area contributed by atoms with E-state index in [1.165, 1.54) is 11.1 Å². The fourth-order valence-corrected chi connectivity index (χ4v) is 2.46. The maximum atomic E-state index is 11.2. The Balaban J connectivity index is 1.96. The molecule has 0 aliphatic carbocycles. The van der Waals surface area contributed by atoms with Gasteiger partial charge in [0.05, 0.1) is 0 Å². The number of hydrogen-bond donors (Lipinski definition) is 0. The van der Waals surface area contributed by atoms with Gasteiger partial charge >= 0.3 is 5.97 Å². The van der Waals surface area contributed by atoms with Crippen molar-refractivity contribution < 1.29 is 9.53 Å². The number of ether oxygens (including phenoxy) is 1. The highest BCUT2D eigenvalue weighted by Gasteiger charge is 2.07. The first kappa shape index (κ1) is 14.8. The lowest BCUT2D eigenvalue weighted by Crippen LogP contribution is -2.02. The van der Waals surface area contributed by atoms with Crippen LogP contribution in [0.1, 0.15) is 0 Å². The van der Waals surface area contributed by atoms with Gasteiger partial charge in [0, 0.05) is 6.08 Å². The number of hydrogen-bond acceptors (Lipinski definition) is 2. The zero-order valence-electron chi connectivity index (χ0n) is 12.6. The molecule has 3 rings (SSSR count). The average molecular weight is 300 g/mol. The van der Waals surface area contributed by atoms with Gasteiger partial charge < -0.3 is 4.74 Å². The van der Waals surface area contributed by atoms with Gasteiger partial charge in [-0.3, -0.25) is 0 Å². The molecule has 0 radical (unpaired) electrons. The first-order valence-electron chi connectivity index (χ1n) is 7.37. The van der Waals surface area contributed by atoms with Gasteiger partial charge in [-0.25, -0.2) is 4.79 Å². The summed E-state index contributed by atoms with van der Waals surface area (Å²) in [6.45, 7) is 3.39. The fraction of sp³-hybridized carbons (Fsp3) is 0. The summed E-state index contributed by atoms with van der Waals surface area (Å²) in [6.07, 6.45) is 1.15. The molecule has 0 atom stereocenters. The minimum atomic E-state index is -0.456. The van der Waals surface area contributed by atoms with E-state index in [1.54, 1.807) is 12.1 Å². The number of rotatable bonds is 4. The second-order valence-electron chi connectivity index (χ2n) is 5.06. The molecule has 0 bridgehead atoms. The first-order valence-corrected chi connectivity index (χ1v) is 7.37. The van der Waals surface area contributed by atoms with Crippen LogP contribution in [0.2, 0.25) is 0 Å². The molecule has 3 aromatic rings. The second-order valence-corrected chi connectivity index (χ2v) is 5.06. The summed E-state index contributed by atoms with van der Waals surface area (Å²) >= 11 is 0. The summed E-state index contributed by atoms with van der Waals surface area (Å²) in [6, 6.07) is 26.0. The van der Waals surface area contributed by atoms with Crippen LogP contribution in [-0.2, 0) is 4.79 Å². The monoisotopic (exact) mass is 300 g/mol. The number of benzene rings is 3. The highest BCUT2D eigenvalue weighted by atomic mass is 16.5. The van der Waals surface area contributed by atoms with Crippen molar-refractivity contribution in [3.8, 4) is 28.0 Å². The fourth-order valence-electron chi connectivity index (χ4n) is 2.46. The topological polar surface area (TPSA) is 26.3 Å². The predicted molar refractivity (Wildman–Crippen MR) is 93.1 cm³/mol. The van der Waals surface area contributed by atoms with Crippen LogP contribution in [-0.4, -0.2) is 5.97 Å². The van der Waals surface area contributed by atoms with E-state index in [4.69, 9.17) is 4.74 Å². The molecule has 2 nitrogen and oxygen atoms in total. The molecular formula is C21H16O2. The van der Waals surface area contributed by atoms with Gasteiger partial charge in [-0.15, -0.1) is 0 Å². The van der Waals surface area contributed by atoms with Crippen molar-refractivity contribution in [1.82, 2.24) is 0 Å². The largest absolute Gasteiger partial charge is 0.423 e. The highest BCUT2D eigenvalue weighted by molar-refractivity contribution is 5.85. The van der Waals surface area contributed by atoms with E-state index in [2.05, 4.69) is 30.8 Å². The Morgan fingerprint density at radius 2 is 1.26 bits per heavy atom. The number of carbonyl (C=O) groups excluding carboxylic acids is 1.